The van der Waals surface area contributed by atoms with Crippen molar-refractivity contribution < 1.29 is 22.7 Å². The third kappa shape index (κ3) is 4.16. The highest BCUT2D eigenvalue weighted by atomic mass is 32.2. The topological polar surface area (TPSA) is 123 Å². The van der Waals surface area contributed by atoms with Gasteiger partial charge in [0.1, 0.15) is 11.5 Å². The molecule has 1 aliphatic rings. The number of para-hydroxylation sites is 1. The maximum absolute atomic E-state index is 12.3. The summed E-state index contributed by atoms with van der Waals surface area (Å²) in [4.78, 5) is 27.4. The minimum atomic E-state index is -3.09. The fraction of sp³-hybridized carbons (Fsp3) is 0.316. The van der Waals surface area contributed by atoms with Crippen LogP contribution in [0.25, 0.3) is 10.9 Å². The molecule has 10 heteroatoms. The summed E-state index contributed by atoms with van der Waals surface area (Å²) < 4.78 is 30.1. The van der Waals surface area contributed by atoms with Gasteiger partial charge < -0.3 is 15.0 Å². The minimum Gasteiger partial charge on any atom is -0.451 e. The zero-order chi connectivity index (χ0) is 20.6. The number of nitrogens with one attached hydrogen (secondary N) is 2. The number of hydrogen-bond donors (Lipinski definition) is 2. The Morgan fingerprint density at radius 2 is 2.10 bits per heavy atom. The highest BCUT2D eigenvalue weighted by molar-refractivity contribution is 7.91. The molecule has 0 spiro atoms. The standard InChI is InChI=1S/C19H20N4O5S/c1-12-8-17(23(22-12)14-6-7-29(26,27)11-14)21-18(24)10-28-19(25)16-9-13-4-2-3-5-15(13)20-16/h2-5,8-9,14,20H,6-7,10-11H2,1H3,(H,21,24). The van der Waals surface area contributed by atoms with E-state index in [1.54, 1.807) is 19.1 Å². The lowest BCUT2D eigenvalue weighted by atomic mass is 10.2. The summed E-state index contributed by atoms with van der Waals surface area (Å²) in [6.07, 6.45) is 0.446. The second-order valence-electron chi connectivity index (χ2n) is 7.07. The number of sulfone groups is 1. The molecule has 0 aliphatic carbocycles. The Morgan fingerprint density at radius 3 is 2.83 bits per heavy atom. The summed E-state index contributed by atoms with van der Waals surface area (Å²) in [5.41, 5.74) is 1.71. The molecule has 9 nitrogen and oxygen atoms in total. The van der Waals surface area contributed by atoms with Gasteiger partial charge in [-0.25, -0.2) is 17.9 Å². The lowest BCUT2D eigenvalue weighted by Gasteiger charge is -2.13. The molecule has 1 unspecified atom stereocenters. The number of nitrogens with zero attached hydrogens (tertiary/aromatic N) is 2. The fourth-order valence-corrected chi connectivity index (χ4v) is 5.12. The average Bonchev–Trinajstić information content (AvgIpc) is 3.35. The molecule has 1 saturated heterocycles. The summed E-state index contributed by atoms with van der Waals surface area (Å²) >= 11 is 0. The number of carbonyl (C=O) groups is 2. The number of anilines is 1. The third-order valence-electron chi connectivity index (χ3n) is 4.76. The maximum Gasteiger partial charge on any atom is 0.355 e. The number of ether oxygens (including phenoxy) is 1. The molecule has 0 bridgehead atoms. The number of aromatic amines is 1. The van der Waals surface area contributed by atoms with E-state index < -0.39 is 28.3 Å². The van der Waals surface area contributed by atoms with Crippen LogP contribution in [-0.2, 0) is 19.4 Å². The Labute approximate surface area is 167 Å². The van der Waals surface area contributed by atoms with E-state index in [9.17, 15) is 18.0 Å². The molecule has 0 saturated carbocycles. The largest absolute Gasteiger partial charge is 0.451 e. The summed E-state index contributed by atoms with van der Waals surface area (Å²) in [7, 11) is -3.09. The second kappa shape index (κ2) is 7.36. The Morgan fingerprint density at radius 1 is 1.31 bits per heavy atom. The first kappa shape index (κ1) is 19.2. The highest BCUT2D eigenvalue weighted by Gasteiger charge is 2.31. The molecule has 1 fully saturated rings. The van der Waals surface area contributed by atoms with Crippen LogP contribution in [0.5, 0.6) is 0 Å². The van der Waals surface area contributed by atoms with Gasteiger partial charge in [-0.1, -0.05) is 18.2 Å². The molecule has 1 aliphatic heterocycles. The monoisotopic (exact) mass is 416 g/mol. The molecule has 4 rings (SSSR count). The van der Waals surface area contributed by atoms with Gasteiger partial charge in [0.05, 0.1) is 23.2 Å². The number of hydrogen-bond acceptors (Lipinski definition) is 6. The summed E-state index contributed by atoms with van der Waals surface area (Å²) in [5, 5.41) is 7.82. The van der Waals surface area contributed by atoms with Crippen molar-refractivity contribution in [2.45, 2.75) is 19.4 Å². The molecule has 3 aromatic rings. The molecular weight excluding hydrogens is 396 g/mol. The number of H-pyrrole nitrogens is 1. The minimum absolute atomic E-state index is 0.00758. The average molecular weight is 416 g/mol. The molecule has 152 valence electrons. The van der Waals surface area contributed by atoms with Crippen molar-refractivity contribution in [3.05, 3.63) is 47.8 Å². The number of fused-ring (bicyclic) bond motifs is 1. The van der Waals surface area contributed by atoms with Crippen LogP contribution in [0, 0.1) is 6.92 Å². The van der Waals surface area contributed by atoms with Crippen molar-refractivity contribution >= 4 is 38.4 Å². The van der Waals surface area contributed by atoms with Gasteiger partial charge in [0, 0.05) is 17.0 Å². The highest BCUT2D eigenvalue weighted by Crippen LogP contribution is 2.27. The number of aromatic nitrogens is 3. The smallest absolute Gasteiger partial charge is 0.355 e. The van der Waals surface area contributed by atoms with Gasteiger partial charge in [-0.15, -0.1) is 0 Å². The molecule has 0 radical (unpaired) electrons. The molecular formula is C19H20N4O5S. The van der Waals surface area contributed by atoms with Gasteiger partial charge in [-0.05, 0) is 25.5 Å². The fourth-order valence-electron chi connectivity index (χ4n) is 3.43. The molecule has 1 amide bonds. The zero-order valence-corrected chi connectivity index (χ0v) is 16.5. The van der Waals surface area contributed by atoms with E-state index in [4.69, 9.17) is 4.74 Å². The van der Waals surface area contributed by atoms with E-state index in [0.717, 1.165) is 10.9 Å². The van der Waals surface area contributed by atoms with Crippen LogP contribution in [0.15, 0.2) is 36.4 Å². The zero-order valence-electron chi connectivity index (χ0n) is 15.7. The number of amides is 1. The molecule has 2 aromatic heterocycles. The molecule has 3 heterocycles. The van der Waals surface area contributed by atoms with E-state index in [2.05, 4.69) is 15.4 Å². The van der Waals surface area contributed by atoms with Crippen molar-refractivity contribution in [3.8, 4) is 0 Å². The molecule has 1 aromatic carbocycles. The SMILES string of the molecule is Cc1cc(NC(=O)COC(=O)c2cc3ccccc3[nH]2)n(C2CCS(=O)(=O)C2)n1. The first-order valence-electron chi connectivity index (χ1n) is 9.12. The quantitative estimate of drug-likeness (QED) is 0.612. The predicted octanol–water partition coefficient (Wildman–Crippen LogP) is 1.83. The number of carbonyl (C=O) groups excluding carboxylic acids is 2. The van der Waals surface area contributed by atoms with Crippen LogP contribution < -0.4 is 5.32 Å². The van der Waals surface area contributed by atoms with E-state index in [0.29, 0.717) is 17.9 Å². The van der Waals surface area contributed by atoms with Crippen LogP contribution in [0.2, 0.25) is 0 Å². The van der Waals surface area contributed by atoms with E-state index >= 15 is 0 Å². The van der Waals surface area contributed by atoms with Crippen LogP contribution in [0.4, 0.5) is 5.82 Å². The van der Waals surface area contributed by atoms with Crippen LogP contribution >= 0.6 is 0 Å². The Hall–Kier alpha value is -3.14. The summed E-state index contributed by atoms with van der Waals surface area (Å²) in [5.74, 6) is -0.686. The first-order valence-corrected chi connectivity index (χ1v) is 10.9. The lowest BCUT2D eigenvalue weighted by Crippen LogP contribution is -2.24. The van der Waals surface area contributed by atoms with Crippen molar-refractivity contribution in [1.82, 2.24) is 14.8 Å². The van der Waals surface area contributed by atoms with Crippen LogP contribution in [-0.4, -0.2) is 53.2 Å². The number of esters is 1. The third-order valence-corrected chi connectivity index (χ3v) is 6.51. The normalized spacial score (nSPS) is 18.0. The van der Waals surface area contributed by atoms with Gasteiger partial charge in [-0.2, -0.15) is 5.10 Å². The molecule has 2 N–H and O–H groups in total. The number of aryl methyl sites for hydroxylation is 1. The summed E-state index contributed by atoms with van der Waals surface area (Å²) in [6.45, 7) is 1.28. The van der Waals surface area contributed by atoms with Crippen molar-refractivity contribution in [2.75, 3.05) is 23.4 Å². The number of rotatable bonds is 5. The van der Waals surface area contributed by atoms with E-state index in [1.807, 2.05) is 24.3 Å². The van der Waals surface area contributed by atoms with Crippen LogP contribution in [0.1, 0.15) is 28.6 Å². The van der Waals surface area contributed by atoms with Crippen molar-refractivity contribution in [2.24, 2.45) is 0 Å². The Balaban J connectivity index is 1.39. The lowest BCUT2D eigenvalue weighted by molar-refractivity contribution is -0.119. The predicted molar refractivity (Wildman–Crippen MR) is 106 cm³/mol. The molecule has 1 atom stereocenters. The van der Waals surface area contributed by atoms with Crippen molar-refractivity contribution in [1.29, 1.82) is 0 Å². The second-order valence-corrected chi connectivity index (χ2v) is 9.30. The van der Waals surface area contributed by atoms with Gasteiger partial charge >= 0.3 is 5.97 Å². The van der Waals surface area contributed by atoms with E-state index in [1.165, 1.54) is 4.68 Å². The number of benzene rings is 1. The maximum atomic E-state index is 12.3. The van der Waals surface area contributed by atoms with Gasteiger partial charge in [0.2, 0.25) is 0 Å². The van der Waals surface area contributed by atoms with Crippen LogP contribution in [0.3, 0.4) is 0 Å². The Kier molecular flexibility index (Phi) is 4.87. The summed E-state index contributed by atoms with van der Waals surface area (Å²) in [6, 6.07) is 10.4. The van der Waals surface area contributed by atoms with Gasteiger partial charge in [-0.3, -0.25) is 4.79 Å². The van der Waals surface area contributed by atoms with E-state index in [-0.39, 0.29) is 23.2 Å². The van der Waals surface area contributed by atoms with Crippen molar-refractivity contribution in [3.63, 3.8) is 0 Å². The first-order chi connectivity index (χ1) is 13.8. The van der Waals surface area contributed by atoms with Gasteiger partial charge in [0.15, 0.2) is 16.4 Å². The van der Waals surface area contributed by atoms with Gasteiger partial charge in [0.25, 0.3) is 5.91 Å². The molecule has 29 heavy (non-hydrogen) atoms. The Bertz CT molecular complexity index is 1160.